The molecule has 3 heteroatoms. The SMILES string of the molecule is Cc1ccc(SCC(=O)C(C)F)cc1. The fourth-order valence-electron chi connectivity index (χ4n) is 0.904. The zero-order valence-electron chi connectivity index (χ0n) is 8.29. The first-order chi connectivity index (χ1) is 6.59. The van der Waals surface area contributed by atoms with Crippen molar-refractivity contribution in [3.05, 3.63) is 29.8 Å². The molecule has 0 amide bonds. The molecular formula is C11H13FOS. The van der Waals surface area contributed by atoms with Crippen molar-refractivity contribution in [2.75, 3.05) is 5.75 Å². The summed E-state index contributed by atoms with van der Waals surface area (Å²) >= 11 is 1.38. The zero-order chi connectivity index (χ0) is 10.6. The summed E-state index contributed by atoms with van der Waals surface area (Å²) in [6.45, 7) is 3.28. The van der Waals surface area contributed by atoms with Crippen molar-refractivity contribution in [2.45, 2.75) is 24.9 Å². The highest BCUT2D eigenvalue weighted by Crippen LogP contribution is 2.18. The van der Waals surface area contributed by atoms with E-state index in [4.69, 9.17) is 0 Å². The van der Waals surface area contributed by atoms with E-state index in [1.807, 2.05) is 31.2 Å². The Balaban J connectivity index is 2.46. The number of Topliss-reactive ketones (excluding diaryl/α,β-unsaturated/α-hetero) is 1. The third-order valence-corrected chi connectivity index (χ3v) is 2.88. The van der Waals surface area contributed by atoms with Crippen LogP contribution in [0.3, 0.4) is 0 Å². The second-order valence-corrected chi connectivity index (χ2v) is 4.23. The Kier molecular flexibility index (Phi) is 4.14. The maximum absolute atomic E-state index is 12.5. The van der Waals surface area contributed by atoms with Crippen LogP contribution in [0.2, 0.25) is 0 Å². The Hall–Kier alpha value is -0.830. The van der Waals surface area contributed by atoms with Gasteiger partial charge >= 0.3 is 0 Å². The van der Waals surface area contributed by atoms with Gasteiger partial charge in [0, 0.05) is 4.90 Å². The van der Waals surface area contributed by atoms with Crippen molar-refractivity contribution < 1.29 is 9.18 Å². The Labute approximate surface area is 87.7 Å². The number of benzene rings is 1. The van der Waals surface area contributed by atoms with E-state index in [1.54, 1.807) is 0 Å². The van der Waals surface area contributed by atoms with E-state index >= 15 is 0 Å². The molecule has 0 saturated heterocycles. The Morgan fingerprint density at radius 2 is 2.00 bits per heavy atom. The monoisotopic (exact) mass is 212 g/mol. The van der Waals surface area contributed by atoms with Crippen LogP contribution in [-0.4, -0.2) is 17.7 Å². The van der Waals surface area contributed by atoms with Gasteiger partial charge in [-0.3, -0.25) is 4.79 Å². The number of hydrogen-bond donors (Lipinski definition) is 0. The molecule has 0 aromatic heterocycles. The maximum atomic E-state index is 12.5. The first kappa shape index (κ1) is 11.2. The van der Waals surface area contributed by atoms with Crippen LogP contribution in [0, 0.1) is 6.92 Å². The minimum Gasteiger partial charge on any atom is -0.295 e. The fourth-order valence-corrected chi connectivity index (χ4v) is 1.77. The minimum absolute atomic E-state index is 0.209. The average molecular weight is 212 g/mol. The fraction of sp³-hybridized carbons (Fsp3) is 0.364. The van der Waals surface area contributed by atoms with Gasteiger partial charge in [0.2, 0.25) is 0 Å². The molecule has 0 aliphatic heterocycles. The number of alkyl halides is 1. The van der Waals surface area contributed by atoms with E-state index in [-0.39, 0.29) is 11.5 Å². The molecule has 1 atom stereocenters. The van der Waals surface area contributed by atoms with Gasteiger partial charge in [0.1, 0.15) is 0 Å². The van der Waals surface area contributed by atoms with Crippen LogP contribution in [0.4, 0.5) is 4.39 Å². The molecule has 0 fully saturated rings. The number of rotatable bonds is 4. The Morgan fingerprint density at radius 3 is 2.50 bits per heavy atom. The summed E-state index contributed by atoms with van der Waals surface area (Å²) in [6.07, 6.45) is -1.35. The van der Waals surface area contributed by atoms with Crippen LogP contribution in [-0.2, 0) is 4.79 Å². The van der Waals surface area contributed by atoms with Gasteiger partial charge in [-0.05, 0) is 26.0 Å². The molecule has 1 nitrogen and oxygen atoms in total. The normalized spacial score (nSPS) is 12.5. The number of thioether (sulfide) groups is 1. The molecule has 0 bridgehead atoms. The molecule has 1 rings (SSSR count). The van der Waals surface area contributed by atoms with Gasteiger partial charge in [-0.15, -0.1) is 11.8 Å². The number of halogens is 1. The molecule has 0 radical (unpaired) electrons. The lowest BCUT2D eigenvalue weighted by Crippen LogP contribution is -2.13. The minimum atomic E-state index is -1.35. The molecule has 0 N–H and O–H groups in total. The smallest absolute Gasteiger partial charge is 0.176 e. The summed E-state index contributed by atoms with van der Waals surface area (Å²) in [5.41, 5.74) is 1.18. The summed E-state index contributed by atoms with van der Waals surface area (Å²) in [6, 6.07) is 7.84. The van der Waals surface area contributed by atoms with Gasteiger partial charge in [-0.2, -0.15) is 0 Å². The van der Waals surface area contributed by atoms with Crippen LogP contribution >= 0.6 is 11.8 Å². The first-order valence-electron chi connectivity index (χ1n) is 4.46. The number of carbonyl (C=O) groups is 1. The van der Waals surface area contributed by atoms with Crippen LogP contribution in [0.5, 0.6) is 0 Å². The summed E-state index contributed by atoms with van der Waals surface area (Å²) in [7, 11) is 0. The number of ketones is 1. The van der Waals surface area contributed by atoms with Crippen molar-refractivity contribution in [3.8, 4) is 0 Å². The zero-order valence-corrected chi connectivity index (χ0v) is 9.10. The van der Waals surface area contributed by atoms with E-state index in [9.17, 15) is 9.18 Å². The van der Waals surface area contributed by atoms with Crippen molar-refractivity contribution >= 4 is 17.5 Å². The second kappa shape index (κ2) is 5.15. The largest absolute Gasteiger partial charge is 0.295 e. The van der Waals surface area contributed by atoms with Crippen LogP contribution < -0.4 is 0 Å². The predicted molar refractivity (Wildman–Crippen MR) is 57.5 cm³/mol. The van der Waals surface area contributed by atoms with Gasteiger partial charge < -0.3 is 0 Å². The standard InChI is InChI=1S/C11H13FOS/c1-8-3-5-10(6-4-8)14-7-11(13)9(2)12/h3-6,9H,7H2,1-2H3. The molecule has 1 aromatic rings. The molecule has 0 aliphatic carbocycles. The quantitative estimate of drug-likeness (QED) is 0.714. The Bertz CT molecular complexity index is 306. The molecule has 0 aliphatic rings. The molecule has 0 spiro atoms. The molecule has 14 heavy (non-hydrogen) atoms. The van der Waals surface area contributed by atoms with Crippen LogP contribution in [0.15, 0.2) is 29.2 Å². The van der Waals surface area contributed by atoms with E-state index < -0.39 is 6.17 Å². The third-order valence-electron chi connectivity index (χ3n) is 1.85. The Morgan fingerprint density at radius 1 is 1.43 bits per heavy atom. The topological polar surface area (TPSA) is 17.1 Å². The van der Waals surface area contributed by atoms with E-state index in [1.165, 1.54) is 24.2 Å². The number of hydrogen-bond acceptors (Lipinski definition) is 2. The predicted octanol–water partition coefficient (Wildman–Crippen LogP) is 3.01. The van der Waals surface area contributed by atoms with Gasteiger partial charge in [-0.25, -0.2) is 4.39 Å². The highest BCUT2D eigenvalue weighted by molar-refractivity contribution is 8.00. The number of aryl methyl sites for hydroxylation is 1. The lowest BCUT2D eigenvalue weighted by molar-refractivity contribution is -0.120. The van der Waals surface area contributed by atoms with Gasteiger partial charge in [0.25, 0.3) is 0 Å². The highest BCUT2D eigenvalue weighted by Gasteiger charge is 2.10. The summed E-state index contributed by atoms with van der Waals surface area (Å²) in [4.78, 5) is 12.0. The molecule has 1 unspecified atom stereocenters. The van der Waals surface area contributed by atoms with Gasteiger partial charge in [0.15, 0.2) is 12.0 Å². The maximum Gasteiger partial charge on any atom is 0.176 e. The van der Waals surface area contributed by atoms with Crippen LogP contribution in [0.1, 0.15) is 12.5 Å². The third kappa shape index (κ3) is 3.50. The molecule has 0 heterocycles. The van der Waals surface area contributed by atoms with E-state index in [0.29, 0.717) is 0 Å². The first-order valence-corrected chi connectivity index (χ1v) is 5.44. The van der Waals surface area contributed by atoms with Crippen molar-refractivity contribution in [2.24, 2.45) is 0 Å². The van der Waals surface area contributed by atoms with E-state index in [0.717, 1.165) is 4.90 Å². The van der Waals surface area contributed by atoms with Crippen LogP contribution in [0.25, 0.3) is 0 Å². The summed E-state index contributed by atoms with van der Waals surface area (Å²) in [5, 5.41) is 0. The van der Waals surface area contributed by atoms with Gasteiger partial charge in [0.05, 0.1) is 5.75 Å². The average Bonchev–Trinajstić information content (AvgIpc) is 2.16. The van der Waals surface area contributed by atoms with Crippen molar-refractivity contribution in [3.63, 3.8) is 0 Å². The second-order valence-electron chi connectivity index (χ2n) is 3.18. The molecular weight excluding hydrogens is 199 g/mol. The highest BCUT2D eigenvalue weighted by atomic mass is 32.2. The lowest BCUT2D eigenvalue weighted by Gasteiger charge is -2.02. The van der Waals surface area contributed by atoms with E-state index in [2.05, 4.69) is 0 Å². The van der Waals surface area contributed by atoms with Crippen molar-refractivity contribution in [1.29, 1.82) is 0 Å². The van der Waals surface area contributed by atoms with Crippen molar-refractivity contribution in [1.82, 2.24) is 0 Å². The summed E-state index contributed by atoms with van der Waals surface area (Å²) < 4.78 is 12.5. The van der Waals surface area contributed by atoms with Gasteiger partial charge in [-0.1, -0.05) is 17.7 Å². The molecule has 0 saturated carbocycles. The molecule has 76 valence electrons. The lowest BCUT2D eigenvalue weighted by atomic mass is 10.2. The molecule has 1 aromatic carbocycles. The summed E-state index contributed by atoms with van der Waals surface area (Å²) in [5.74, 6) is -0.142. The number of carbonyl (C=O) groups excluding carboxylic acids is 1.